The Morgan fingerprint density at radius 3 is 2.83 bits per heavy atom. The van der Waals surface area contributed by atoms with Crippen LogP contribution in [0.4, 0.5) is 5.69 Å². The first-order valence-corrected chi connectivity index (χ1v) is 6.42. The topological polar surface area (TPSA) is 44.9 Å². The van der Waals surface area contributed by atoms with E-state index in [9.17, 15) is 4.79 Å². The minimum atomic E-state index is -0.0461. The highest BCUT2D eigenvalue weighted by Crippen LogP contribution is 2.37. The summed E-state index contributed by atoms with van der Waals surface area (Å²) in [4.78, 5) is 15.2. The molecule has 1 aromatic heterocycles. The molecule has 0 bridgehead atoms. The number of anilines is 1. The molecule has 0 saturated carbocycles. The van der Waals surface area contributed by atoms with Gasteiger partial charge in [-0.3, -0.25) is 4.79 Å². The van der Waals surface area contributed by atoms with Gasteiger partial charge < -0.3 is 10.3 Å². The number of allylic oxidation sites excluding steroid dienone is 1. The van der Waals surface area contributed by atoms with Crippen LogP contribution in [0.1, 0.15) is 18.2 Å². The molecular weight excluding hydrogens is 292 g/mol. The zero-order chi connectivity index (χ0) is 12.7. The first-order chi connectivity index (χ1) is 8.66. The zero-order valence-corrected chi connectivity index (χ0v) is 11.3. The highest BCUT2D eigenvalue weighted by atomic mass is 79.9. The van der Waals surface area contributed by atoms with Gasteiger partial charge in [0.15, 0.2) is 0 Å². The van der Waals surface area contributed by atoms with Crippen molar-refractivity contribution in [1.82, 2.24) is 4.98 Å². The van der Waals surface area contributed by atoms with Crippen LogP contribution in [0.25, 0.3) is 11.1 Å². The van der Waals surface area contributed by atoms with Crippen LogP contribution < -0.4 is 5.32 Å². The van der Waals surface area contributed by atoms with E-state index in [4.69, 9.17) is 0 Å². The van der Waals surface area contributed by atoms with E-state index in [1.165, 1.54) is 0 Å². The number of benzene rings is 1. The third-order valence-electron chi connectivity index (χ3n) is 3.10. The largest absolute Gasteiger partial charge is 0.361 e. The molecule has 1 aliphatic rings. The number of rotatable bonds is 1. The zero-order valence-electron chi connectivity index (χ0n) is 9.75. The fraction of sp³-hybridized carbons (Fsp3) is 0.0714. The Bertz CT molecular complexity index is 656. The van der Waals surface area contributed by atoms with E-state index in [1.54, 1.807) is 0 Å². The molecule has 2 N–H and O–H groups in total. The van der Waals surface area contributed by atoms with Gasteiger partial charge in [0.25, 0.3) is 5.91 Å². The molecule has 0 unspecified atom stereocenters. The van der Waals surface area contributed by atoms with Gasteiger partial charge in [-0.1, -0.05) is 15.9 Å². The lowest BCUT2D eigenvalue weighted by Crippen LogP contribution is -2.05. The Morgan fingerprint density at radius 1 is 1.28 bits per heavy atom. The number of fused-ring (bicyclic) bond motifs is 1. The number of carbonyl (C=O) groups excluding carboxylic acids is 1. The number of hydrogen-bond donors (Lipinski definition) is 2. The minimum Gasteiger partial charge on any atom is -0.361 e. The van der Waals surface area contributed by atoms with Crippen molar-refractivity contribution in [3.63, 3.8) is 0 Å². The molecule has 0 radical (unpaired) electrons. The highest BCUT2D eigenvalue weighted by Gasteiger charge is 2.26. The van der Waals surface area contributed by atoms with E-state index in [0.717, 1.165) is 32.6 Å². The second-order valence-corrected chi connectivity index (χ2v) is 5.14. The molecule has 1 aliphatic heterocycles. The van der Waals surface area contributed by atoms with Crippen molar-refractivity contribution >= 4 is 38.7 Å². The molecule has 3 nitrogen and oxygen atoms in total. The van der Waals surface area contributed by atoms with Crippen LogP contribution in [0.5, 0.6) is 0 Å². The van der Waals surface area contributed by atoms with Crippen molar-refractivity contribution in [2.45, 2.75) is 6.92 Å². The van der Waals surface area contributed by atoms with Gasteiger partial charge in [-0.15, -0.1) is 0 Å². The first kappa shape index (κ1) is 11.3. The van der Waals surface area contributed by atoms with E-state index in [-0.39, 0.29) is 5.91 Å². The van der Waals surface area contributed by atoms with Crippen molar-refractivity contribution in [1.29, 1.82) is 0 Å². The van der Waals surface area contributed by atoms with E-state index in [0.29, 0.717) is 0 Å². The maximum absolute atomic E-state index is 12.1. The number of hydrogen-bond acceptors (Lipinski definition) is 1. The minimum absolute atomic E-state index is 0.0461. The van der Waals surface area contributed by atoms with Gasteiger partial charge in [0, 0.05) is 27.6 Å². The SMILES string of the molecule is CC(=C1C(=O)Nc2ccc(Br)cc21)c1ccc[nH]1. The Labute approximate surface area is 113 Å². The van der Waals surface area contributed by atoms with Gasteiger partial charge in [-0.05, 0) is 42.8 Å². The van der Waals surface area contributed by atoms with Crippen LogP contribution in [-0.2, 0) is 4.79 Å². The summed E-state index contributed by atoms with van der Waals surface area (Å²) in [6.07, 6.45) is 1.86. The van der Waals surface area contributed by atoms with Crippen molar-refractivity contribution < 1.29 is 4.79 Å². The van der Waals surface area contributed by atoms with E-state index >= 15 is 0 Å². The number of aromatic amines is 1. The first-order valence-electron chi connectivity index (χ1n) is 5.63. The normalized spacial score (nSPS) is 16.4. The number of nitrogens with one attached hydrogen (secondary N) is 2. The summed E-state index contributed by atoms with van der Waals surface area (Å²) < 4.78 is 0.967. The van der Waals surface area contributed by atoms with Gasteiger partial charge in [-0.2, -0.15) is 0 Å². The average Bonchev–Trinajstić information content (AvgIpc) is 2.94. The van der Waals surface area contributed by atoms with Gasteiger partial charge in [0.1, 0.15) is 0 Å². The van der Waals surface area contributed by atoms with Crippen LogP contribution in [0.2, 0.25) is 0 Å². The van der Waals surface area contributed by atoms with E-state index in [2.05, 4.69) is 26.2 Å². The third-order valence-corrected chi connectivity index (χ3v) is 3.60. The number of amides is 1. The Morgan fingerprint density at radius 2 is 2.11 bits per heavy atom. The highest BCUT2D eigenvalue weighted by molar-refractivity contribution is 9.10. The summed E-state index contributed by atoms with van der Waals surface area (Å²) in [5, 5.41) is 2.89. The van der Waals surface area contributed by atoms with Crippen LogP contribution >= 0.6 is 15.9 Å². The predicted molar refractivity (Wildman–Crippen MR) is 76.1 cm³/mol. The summed E-state index contributed by atoms with van der Waals surface area (Å²) in [6.45, 7) is 1.96. The van der Waals surface area contributed by atoms with Crippen LogP contribution in [0.15, 0.2) is 41.0 Å². The fourth-order valence-electron chi connectivity index (χ4n) is 2.21. The van der Waals surface area contributed by atoms with Crippen molar-refractivity contribution in [2.75, 3.05) is 5.32 Å². The van der Waals surface area contributed by atoms with Gasteiger partial charge in [0.2, 0.25) is 0 Å². The molecule has 1 amide bonds. The molecule has 2 aromatic rings. The second kappa shape index (κ2) is 4.14. The lowest BCUT2D eigenvalue weighted by Gasteiger charge is -2.04. The quantitative estimate of drug-likeness (QED) is 0.776. The molecule has 0 saturated heterocycles. The van der Waals surface area contributed by atoms with Gasteiger partial charge >= 0.3 is 0 Å². The predicted octanol–water partition coefficient (Wildman–Crippen LogP) is 3.66. The molecule has 4 heteroatoms. The average molecular weight is 303 g/mol. The molecule has 3 rings (SSSR count). The number of H-pyrrole nitrogens is 1. The lowest BCUT2D eigenvalue weighted by atomic mass is 10.0. The van der Waals surface area contributed by atoms with Gasteiger partial charge in [-0.25, -0.2) is 0 Å². The molecule has 18 heavy (non-hydrogen) atoms. The van der Waals surface area contributed by atoms with Crippen molar-refractivity contribution in [3.05, 3.63) is 52.3 Å². The van der Waals surface area contributed by atoms with Crippen LogP contribution in [0.3, 0.4) is 0 Å². The Balaban J connectivity index is 2.23. The maximum atomic E-state index is 12.1. The summed E-state index contributed by atoms with van der Waals surface area (Å²) in [5.74, 6) is -0.0461. The van der Waals surface area contributed by atoms with Crippen molar-refractivity contribution in [2.24, 2.45) is 0 Å². The van der Waals surface area contributed by atoms with Gasteiger partial charge in [0.05, 0.1) is 5.57 Å². The summed E-state index contributed by atoms with van der Waals surface area (Å²) >= 11 is 3.44. The maximum Gasteiger partial charge on any atom is 0.256 e. The number of halogens is 1. The molecule has 90 valence electrons. The summed E-state index contributed by atoms with van der Waals surface area (Å²) in [5.41, 5.74) is 4.46. The van der Waals surface area contributed by atoms with Crippen molar-refractivity contribution in [3.8, 4) is 0 Å². The molecule has 0 atom stereocenters. The monoisotopic (exact) mass is 302 g/mol. The molecular formula is C14H11BrN2O. The summed E-state index contributed by atoms with van der Waals surface area (Å²) in [7, 11) is 0. The number of aromatic nitrogens is 1. The number of carbonyl (C=O) groups is 1. The molecule has 0 aliphatic carbocycles. The standard InChI is InChI=1S/C14H11BrN2O/c1-8(11-3-2-6-16-11)13-10-7-9(15)4-5-12(10)17-14(13)18/h2-7,16H,1H3,(H,17,18). The fourth-order valence-corrected chi connectivity index (χ4v) is 2.57. The Hall–Kier alpha value is -1.81. The van der Waals surface area contributed by atoms with Crippen LogP contribution in [-0.4, -0.2) is 10.9 Å². The molecule has 0 fully saturated rings. The van der Waals surface area contributed by atoms with E-state index in [1.807, 2.05) is 43.5 Å². The lowest BCUT2D eigenvalue weighted by molar-refractivity contribution is -0.110. The smallest absolute Gasteiger partial charge is 0.256 e. The van der Waals surface area contributed by atoms with Crippen LogP contribution in [0, 0.1) is 0 Å². The molecule has 2 heterocycles. The molecule has 0 spiro atoms. The Kier molecular flexibility index (Phi) is 2.59. The third kappa shape index (κ3) is 1.69. The molecule has 1 aromatic carbocycles. The second-order valence-electron chi connectivity index (χ2n) is 4.23. The van der Waals surface area contributed by atoms with E-state index < -0.39 is 0 Å². The summed E-state index contributed by atoms with van der Waals surface area (Å²) in [6, 6.07) is 9.69.